The summed E-state index contributed by atoms with van der Waals surface area (Å²) in [6, 6.07) is 14.7. The number of carbonyl (C=O) groups excluding carboxylic acids is 1. The van der Waals surface area contributed by atoms with Crippen LogP contribution in [0.15, 0.2) is 53.1 Å². The van der Waals surface area contributed by atoms with E-state index in [-0.39, 0.29) is 24.5 Å². The largest absolute Gasteiger partial charge is 0.484 e. The van der Waals surface area contributed by atoms with Gasteiger partial charge in [-0.15, -0.1) is 0 Å². The zero-order chi connectivity index (χ0) is 21.8. The number of amides is 1. The van der Waals surface area contributed by atoms with E-state index in [0.29, 0.717) is 23.3 Å². The number of nitrogens with one attached hydrogen (secondary N) is 1. The van der Waals surface area contributed by atoms with Gasteiger partial charge in [0.15, 0.2) is 12.4 Å². The molecule has 1 amide bonds. The van der Waals surface area contributed by atoms with Crippen molar-refractivity contribution in [1.29, 1.82) is 0 Å². The normalized spacial score (nSPS) is 14.3. The van der Waals surface area contributed by atoms with Crippen LogP contribution in [0.3, 0.4) is 0 Å². The Morgan fingerprint density at radius 1 is 1.06 bits per heavy atom. The summed E-state index contributed by atoms with van der Waals surface area (Å²) in [7, 11) is 0. The Morgan fingerprint density at radius 2 is 1.68 bits per heavy atom. The van der Waals surface area contributed by atoms with Crippen LogP contribution in [-0.2, 0) is 4.79 Å². The summed E-state index contributed by atoms with van der Waals surface area (Å²) in [5, 5.41) is 6.98. The van der Waals surface area contributed by atoms with E-state index in [0.717, 1.165) is 24.4 Å². The van der Waals surface area contributed by atoms with Gasteiger partial charge >= 0.3 is 0 Å². The average Bonchev–Trinajstić information content (AvgIpc) is 3.50. The molecular weight excluding hydrogens is 394 g/mol. The third-order valence-electron chi connectivity index (χ3n) is 5.10. The van der Waals surface area contributed by atoms with Crippen LogP contribution >= 0.6 is 0 Å². The SMILES string of the molecule is Cc1ccc(Oc2ccc(OCC(=O)NC(c3nc(C4CC4)no3)C(C)C)cc2)cc1. The van der Waals surface area contributed by atoms with Crippen molar-refractivity contribution in [1.82, 2.24) is 15.5 Å². The fourth-order valence-electron chi connectivity index (χ4n) is 3.10. The number of hydrogen-bond donors (Lipinski definition) is 1. The highest BCUT2D eigenvalue weighted by Gasteiger charge is 2.31. The molecule has 0 bridgehead atoms. The Labute approximate surface area is 181 Å². The Hall–Kier alpha value is -3.35. The minimum atomic E-state index is -0.346. The van der Waals surface area contributed by atoms with E-state index in [1.807, 2.05) is 57.2 Å². The fraction of sp³-hybridized carbons (Fsp3) is 0.375. The molecule has 1 atom stereocenters. The molecule has 2 aromatic carbocycles. The molecule has 162 valence electrons. The van der Waals surface area contributed by atoms with Crippen LogP contribution in [-0.4, -0.2) is 22.7 Å². The molecule has 1 saturated carbocycles. The minimum Gasteiger partial charge on any atom is -0.484 e. The Bertz CT molecular complexity index is 1010. The van der Waals surface area contributed by atoms with E-state index in [2.05, 4.69) is 15.5 Å². The molecule has 1 N–H and O–H groups in total. The maximum Gasteiger partial charge on any atom is 0.258 e. The predicted molar refractivity (Wildman–Crippen MR) is 115 cm³/mol. The van der Waals surface area contributed by atoms with Crippen molar-refractivity contribution >= 4 is 5.91 Å². The second-order valence-electron chi connectivity index (χ2n) is 8.23. The zero-order valence-electron chi connectivity index (χ0n) is 18.0. The molecule has 7 heteroatoms. The lowest BCUT2D eigenvalue weighted by Crippen LogP contribution is -2.35. The molecular formula is C24H27N3O4. The number of benzene rings is 2. The molecule has 1 unspecified atom stereocenters. The molecule has 0 radical (unpaired) electrons. The van der Waals surface area contributed by atoms with Gasteiger partial charge in [-0.25, -0.2) is 0 Å². The highest BCUT2D eigenvalue weighted by molar-refractivity contribution is 5.77. The molecule has 4 rings (SSSR count). The fourth-order valence-corrected chi connectivity index (χ4v) is 3.10. The van der Waals surface area contributed by atoms with Gasteiger partial charge in [-0.3, -0.25) is 4.79 Å². The van der Waals surface area contributed by atoms with Crippen molar-refractivity contribution in [3.63, 3.8) is 0 Å². The van der Waals surface area contributed by atoms with Gasteiger partial charge in [0.25, 0.3) is 5.91 Å². The molecule has 1 aliphatic rings. The maximum absolute atomic E-state index is 12.4. The van der Waals surface area contributed by atoms with Crippen LogP contribution in [0.1, 0.15) is 55.9 Å². The van der Waals surface area contributed by atoms with Crippen molar-refractivity contribution < 1.29 is 18.8 Å². The number of hydrogen-bond acceptors (Lipinski definition) is 6. The van der Waals surface area contributed by atoms with Crippen molar-refractivity contribution in [2.75, 3.05) is 6.61 Å². The molecule has 0 spiro atoms. The lowest BCUT2D eigenvalue weighted by molar-refractivity contribution is -0.124. The van der Waals surface area contributed by atoms with Gasteiger partial charge < -0.3 is 19.3 Å². The lowest BCUT2D eigenvalue weighted by Gasteiger charge is -2.18. The zero-order valence-corrected chi connectivity index (χ0v) is 18.0. The summed E-state index contributed by atoms with van der Waals surface area (Å²) in [5.74, 6) is 3.50. The van der Waals surface area contributed by atoms with E-state index < -0.39 is 0 Å². The van der Waals surface area contributed by atoms with E-state index in [9.17, 15) is 4.79 Å². The van der Waals surface area contributed by atoms with E-state index in [1.54, 1.807) is 12.1 Å². The first kappa shape index (κ1) is 20.9. The summed E-state index contributed by atoms with van der Waals surface area (Å²) >= 11 is 0. The second-order valence-corrected chi connectivity index (χ2v) is 8.23. The van der Waals surface area contributed by atoms with Crippen LogP contribution in [0, 0.1) is 12.8 Å². The highest BCUT2D eigenvalue weighted by Crippen LogP contribution is 2.38. The van der Waals surface area contributed by atoms with Gasteiger partial charge in [-0.1, -0.05) is 36.7 Å². The molecule has 0 aliphatic heterocycles. The minimum absolute atomic E-state index is 0.106. The van der Waals surface area contributed by atoms with Gasteiger partial charge in [-0.05, 0) is 62.1 Å². The smallest absolute Gasteiger partial charge is 0.258 e. The Kier molecular flexibility index (Phi) is 6.21. The summed E-state index contributed by atoms with van der Waals surface area (Å²) in [6.07, 6.45) is 2.20. The van der Waals surface area contributed by atoms with Gasteiger partial charge in [0.1, 0.15) is 23.3 Å². The van der Waals surface area contributed by atoms with Crippen molar-refractivity contribution in [3.05, 3.63) is 65.8 Å². The van der Waals surface area contributed by atoms with Gasteiger partial charge in [-0.2, -0.15) is 4.98 Å². The van der Waals surface area contributed by atoms with Crippen LogP contribution in [0.2, 0.25) is 0 Å². The molecule has 1 aromatic heterocycles. The summed E-state index contributed by atoms with van der Waals surface area (Å²) < 4.78 is 16.8. The van der Waals surface area contributed by atoms with Gasteiger partial charge in [0.2, 0.25) is 5.89 Å². The maximum atomic E-state index is 12.4. The number of aryl methyl sites for hydroxylation is 1. The molecule has 1 heterocycles. The standard InChI is InChI=1S/C24H27N3O4/c1-15(2)22(24-26-23(27-31-24)17-6-7-17)25-21(28)14-29-18-10-12-20(13-11-18)30-19-8-4-16(3)5-9-19/h4-5,8-13,15,17,22H,6-7,14H2,1-3H3,(H,25,28). The molecule has 7 nitrogen and oxygen atoms in total. The van der Waals surface area contributed by atoms with Crippen molar-refractivity contribution in [3.8, 4) is 17.2 Å². The van der Waals surface area contributed by atoms with Crippen molar-refractivity contribution in [2.24, 2.45) is 5.92 Å². The predicted octanol–water partition coefficient (Wildman–Crippen LogP) is 4.94. The third kappa shape index (κ3) is 5.63. The summed E-state index contributed by atoms with van der Waals surface area (Å²) in [6.45, 7) is 5.92. The molecule has 0 saturated heterocycles. The molecule has 3 aromatic rings. The van der Waals surface area contributed by atoms with Crippen LogP contribution in [0.25, 0.3) is 0 Å². The highest BCUT2D eigenvalue weighted by atomic mass is 16.5. The molecule has 1 aliphatic carbocycles. The molecule has 1 fully saturated rings. The lowest BCUT2D eigenvalue weighted by atomic mass is 10.0. The first-order valence-electron chi connectivity index (χ1n) is 10.6. The third-order valence-corrected chi connectivity index (χ3v) is 5.10. The van der Waals surface area contributed by atoms with Gasteiger partial charge in [0, 0.05) is 5.92 Å². The number of rotatable bonds is 9. The van der Waals surface area contributed by atoms with E-state index >= 15 is 0 Å². The van der Waals surface area contributed by atoms with Crippen LogP contribution in [0.5, 0.6) is 17.2 Å². The van der Waals surface area contributed by atoms with E-state index in [4.69, 9.17) is 14.0 Å². The topological polar surface area (TPSA) is 86.5 Å². The number of nitrogens with zero attached hydrogens (tertiary/aromatic N) is 2. The quantitative estimate of drug-likeness (QED) is 0.527. The molecule has 31 heavy (non-hydrogen) atoms. The van der Waals surface area contributed by atoms with Gasteiger partial charge in [0.05, 0.1) is 0 Å². The monoisotopic (exact) mass is 421 g/mol. The van der Waals surface area contributed by atoms with Crippen LogP contribution in [0.4, 0.5) is 0 Å². The number of carbonyl (C=O) groups is 1. The Morgan fingerprint density at radius 3 is 2.29 bits per heavy atom. The first-order chi connectivity index (χ1) is 15.0. The Balaban J connectivity index is 1.29. The summed E-state index contributed by atoms with van der Waals surface area (Å²) in [4.78, 5) is 16.9. The first-order valence-corrected chi connectivity index (χ1v) is 10.6. The number of aromatic nitrogens is 2. The van der Waals surface area contributed by atoms with E-state index in [1.165, 1.54) is 5.56 Å². The second kappa shape index (κ2) is 9.20. The average molecular weight is 421 g/mol. The van der Waals surface area contributed by atoms with Crippen molar-refractivity contribution in [2.45, 2.75) is 45.6 Å². The number of ether oxygens (including phenoxy) is 2. The van der Waals surface area contributed by atoms with Crippen LogP contribution < -0.4 is 14.8 Å². The summed E-state index contributed by atoms with van der Waals surface area (Å²) in [5.41, 5.74) is 1.18.